The molecule has 0 aliphatic carbocycles. The molecule has 2 atom stereocenters. The highest BCUT2D eigenvalue weighted by molar-refractivity contribution is 9.10. The van der Waals surface area contributed by atoms with Gasteiger partial charge in [-0.25, -0.2) is 4.62 Å². The lowest BCUT2D eigenvalue weighted by Crippen LogP contribution is -2.29. The van der Waals surface area contributed by atoms with Gasteiger partial charge in [-0.15, -0.1) is 0 Å². The lowest BCUT2D eigenvalue weighted by molar-refractivity contribution is 0.138. The molecule has 0 aliphatic rings. The number of fused-ring (bicyclic) bond motifs is 1. The lowest BCUT2D eigenvalue weighted by atomic mass is 10.1. The fourth-order valence-electron chi connectivity index (χ4n) is 2.56. The van der Waals surface area contributed by atoms with E-state index in [1.54, 1.807) is 25.1 Å². The summed E-state index contributed by atoms with van der Waals surface area (Å²) in [6, 6.07) is 11.9. The van der Waals surface area contributed by atoms with Crippen molar-refractivity contribution < 1.29 is 14.1 Å². The predicted molar refractivity (Wildman–Crippen MR) is 105 cm³/mol. The zero-order valence-corrected chi connectivity index (χ0v) is 16.7. The van der Waals surface area contributed by atoms with E-state index in [1.165, 1.54) is 0 Å². The first-order valence-electron chi connectivity index (χ1n) is 8.01. The van der Waals surface area contributed by atoms with Gasteiger partial charge in [-0.3, -0.25) is 14.2 Å². The Bertz CT molecular complexity index is 1130. The number of H-pyrrole nitrogens is 2. The van der Waals surface area contributed by atoms with E-state index in [2.05, 4.69) is 31.4 Å². The topological polar surface area (TPSA) is 124 Å². The van der Waals surface area contributed by atoms with Gasteiger partial charge >= 0.3 is 18.7 Å². The molecule has 8 nitrogen and oxygen atoms in total. The second-order valence-corrected chi connectivity index (χ2v) is 8.72. The molecule has 3 aromatic rings. The van der Waals surface area contributed by atoms with Gasteiger partial charge in [0.1, 0.15) is 0 Å². The van der Waals surface area contributed by atoms with E-state index in [1.807, 2.05) is 24.3 Å². The number of aromatic amines is 2. The number of benzene rings is 2. The molecule has 4 N–H and O–H groups in total. The number of aromatic nitrogens is 2. The Labute approximate surface area is 162 Å². The van der Waals surface area contributed by atoms with Crippen LogP contribution in [0.5, 0.6) is 0 Å². The van der Waals surface area contributed by atoms with E-state index >= 15 is 0 Å². The van der Waals surface area contributed by atoms with Crippen LogP contribution in [0, 0.1) is 0 Å². The second-order valence-electron chi connectivity index (χ2n) is 6.03. The summed E-state index contributed by atoms with van der Waals surface area (Å²) in [5, 5.41) is 0. The quantitative estimate of drug-likeness (QED) is 0.258. The molecule has 0 saturated carbocycles. The average Bonchev–Trinajstić information content (AvgIpc) is 2.62. The Morgan fingerprint density at radius 1 is 1.15 bits per heavy atom. The van der Waals surface area contributed by atoms with E-state index in [4.69, 9.17) is 4.62 Å². The summed E-state index contributed by atoms with van der Waals surface area (Å²) in [5.74, 6) is 0. The van der Waals surface area contributed by atoms with Gasteiger partial charge < -0.3 is 14.9 Å². The molecule has 0 fully saturated rings. The maximum absolute atomic E-state index is 12.5. The maximum Gasteiger partial charge on any atom is 0.348 e. The molecule has 0 radical (unpaired) electrons. The molecular weight excluding hydrogens is 437 g/mol. The van der Waals surface area contributed by atoms with Crippen LogP contribution in [0.25, 0.3) is 11.0 Å². The number of halogens is 1. The van der Waals surface area contributed by atoms with Crippen molar-refractivity contribution >= 4 is 34.6 Å². The Balaban J connectivity index is 1.76. The van der Waals surface area contributed by atoms with Crippen molar-refractivity contribution in [1.82, 2.24) is 15.4 Å². The third-order valence-electron chi connectivity index (χ3n) is 3.96. The maximum atomic E-state index is 12.5. The number of nitrogens with one attached hydrogen (secondary N) is 3. The zero-order chi connectivity index (χ0) is 19.6. The minimum atomic E-state index is -4.06. The zero-order valence-electron chi connectivity index (χ0n) is 14.2. The summed E-state index contributed by atoms with van der Waals surface area (Å²) < 4.78 is 18.5. The van der Waals surface area contributed by atoms with Crippen LogP contribution in [-0.2, 0) is 15.4 Å². The molecular formula is C17H17BrN3O5P. The summed E-state index contributed by atoms with van der Waals surface area (Å²) in [6.07, 6.45) is -0.341. The van der Waals surface area contributed by atoms with Crippen molar-refractivity contribution in [2.24, 2.45) is 0 Å². The molecule has 0 aliphatic heterocycles. The Morgan fingerprint density at radius 2 is 1.81 bits per heavy atom. The van der Waals surface area contributed by atoms with E-state index in [0.29, 0.717) is 16.6 Å². The van der Waals surface area contributed by atoms with Gasteiger partial charge in [0, 0.05) is 4.47 Å². The van der Waals surface area contributed by atoms with Crippen molar-refractivity contribution in [2.45, 2.75) is 19.1 Å². The highest BCUT2D eigenvalue weighted by Crippen LogP contribution is 2.45. The van der Waals surface area contributed by atoms with Gasteiger partial charge in [-0.1, -0.05) is 40.2 Å². The fourth-order valence-corrected chi connectivity index (χ4v) is 3.91. The molecule has 0 bridgehead atoms. The first-order chi connectivity index (χ1) is 12.7. The van der Waals surface area contributed by atoms with E-state index in [-0.39, 0.29) is 12.2 Å². The fraction of sp³-hybridized carbons (Fsp3) is 0.176. The van der Waals surface area contributed by atoms with E-state index < -0.39 is 18.7 Å². The van der Waals surface area contributed by atoms with Gasteiger partial charge in [-0.05, 0) is 36.2 Å². The lowest BCUT2D eigenvalue weighted by Gasteiger charge is -2.18. The average molecular weight is 454 g/mol. The molecule has 2 unspecified atom stereocenters. The standard InChI is InChI=1S/C17H17BrN3O5P/c1-10(11-5-7-13(18)8-6-11)21-26-27(24,25)9-12-3-2-4-14-15(12)20-17(23)16(22)19-14/h2-8,10,21H,9H2,1H3,(H,19,22)(H,20,23)(H,24,25). The van der Waals surface area contributed by atoms with Gasteiger partial charge in [0.2, 0.25) is 0 Å². The molecule has 1 aromatic heterocycles. The van der Waals surface area contributed by atoms with Crippen molar-refractivity contribution in [3.05, 3.63) is 78.8 Å². The van der Waals surface area contributed by atoms with Crippen molar-refractivity contribution in [1.29, 1.82) is 0 Å². The summed E-state index contributed by atoms with van der Waals surface area (Å²) in [7, 11) is -4.06. The van der Waals surface area contributed by atoms with E-state index in [9.17, 15) is 19.0 Å². The van der Waals surface area contributed by atoms with Crippen LogP contribution in [0.1, 0.15) is 24.1 Å². The van der Waals surface area contributed by atoms with E-state index in [0.717, 1.165) is 10.0 Å². The first-order valence-corrected chi connectivity index (χ1v) is 10.6. The van der Waals surface area contributed by atoms with Crippen LogP contribution in [0.4, 0.5) is 0 Å². The Hall–Kier alpha value is -2.03. The molecule has 142 valence electrons. The van der Waals surface area contributed by atoms with Gasteiger partial charge in [-0.2, -0.15) is 5.48 Å². The molecule has 0 amide bonds. The van der Waals surface area contributed by atoms with Crippen molar-refractivity contribution in [3.63, 3.8) is 0 Å². The third kappa shape index (κ3) is 4.82. The SMILES string of the molecule is CC(NOP(=O)(O)Cc1cccc2[nH]c(=O)c(=O)[nH]c12)c1ccc(Br)cc1. The number of rotatable bonds is 6. The molecule has 3 rings (SSSR count). The molecule has 0 saturated heterocycles. The molecule has 10 heteroatoms. The van der Waals surface area contributed by atoms with Gasteiger partial charge in [0.25, 0.3) is 0 Å². The highest BCUT2D eigenvalue weighted by atomic mass is 79.9. The normalized spacial score (nSPS) is 14.8. The smallest absolute Gasteiger partial charge is 0.323 e. The molecule has 0 spiro atoms. The monoisotopic (exact) mass is 453 g/mol. The van der Waals surface area contributed by atoms with Crippen LogP contribution in [0.2, 0.25) is 0 Å². The molecule has 1 heterocycles. The van der Waals surface area contributed by atoms with Crippen LogP contribution in [0.3, 0.4) is 0 Å². The largest absolute Gasteiger partial charge is 0.348 e. The van der Waals surface area contributed by atoms with Crippen molar-refractivity contribution in [3.8, 4) is 0 Å². The van der Waals surface area contributed by atoms with Crippen LogP contribution in [0.15, 0.2) is 56.5 Å². The first kappa shape index (κ1) is 19.7. The molecule has 27 heavy (non-hydrogen) atoms. The Morgan fingerprint density at radius 3 is 2.52 bits per heavy atom. The van der Waals surface area contributed by atoms with Crippen molar-refractivity contribution in [2.75, 3.05) is 0 Å². The van der Waals surface area contributed by atoms with Crippen LogP contribution in [-0.4, -0.2) is 14.9 Å². The van der Waals surface area contributed by atoms with Crippen LogP contribution < -0.4 is 16.6 Å². The molecule has 2 aromatic carbocycles. The second kappa shape index (κ2) is 7.92. The predicted octanol–water partition coefficient (Wildman–Crippen LogP) is 2.95. The number of hydrogen-bond acceptors (Lipinski definition) is 5. The minimum absolute atomic E-state index is 0.293. The van der Waals surface area contributed by atoms with Gasteiger partial charge in [0.05, 0.1) is 23.2 Å². The van der Waals surface area contributed by atoms with Crippen LogP contribution >= 0.6 is 23.5 Å². The summed E-state index contributed by atoms with van der Waals surface area (Å²) in [5.41, 5.74) is 2.90. The summed E-state index contributed by atoms with van der Waals surface area (Å²) in [6.45, 7) is 1.80. The minimum Gasteiger partial charge on any atom is -0.323 e. The summed E-state index contributed by atoms with van der Waals surface area (Å²) >= 11 is 3.35. The number of hydrogen-bond donors (Lipinski definition) is 4. The summed E-state index contributed by atoms with van der Waals surface area (Å²) in [4.78, 5) is 38.0. The van der Waals surface area contributed by atoms with Gasteiger partial charge in [0.15, 0.2) is 0 Å². The number of hydroxylamine groups is 1. The highest BCUT2D eigenvalue weighted by Gasteiger charge is 2.23. The number of para-hydroxylation sites is 1. The third-order valence-corrected chi connectivity index (χ3v) is 5.62. The Kier molecular flexibility index (Phi) is 5.78.